The van der Waals surface area contributed by atoms with Crippen molar-refractivity contribution in [2.75, 3.05) is 0 Å². The highest BCUT2D eigenvalue weighted by Crippen LogP contribution is 2.21. The summed E-state index contributed by atoms with van der Waals surface area (Å²) in [7, 11) is 0. The lowest BCUT2D eigenvalue weighted by atomic mass is 10.1. The minimum Gasteiger partial charge on any atom is -0.250 e. The van der Waals surface area contributed by atoms with Crippen LogP contribution in [-0.2, 0) is 0 Å². The van der Waals surface area contributed by atoms with Gasteiger partial charge in [-0.25, -0.2) is 5.10 Å². The van der Waals surface area contributed by atoms with Crippen molar-refractivity contribution in [1.29, 1.82) is 0 Å². The Morgan fingerprint density at radius 1 is 1.24 bits per heavy atom. The molecule has 4 nitrogen and oxygen atoms in total. The lowest BCUT2D eigenvalue weighted by molar-refractivity contribution is 0.871. The van der Waals surface area contributed by atoms with Crippen molar-refractivity contribution >= 4 is 29.8 Å². The molecule has 0 aliphatic rings. The first-order chi connectivity index (χ1) is 10.2. The fourth-order valence-corrected chi connectivity index (χ4v) is 2.98. The molecule has 0 aliphatic carbocycles. The molecule has 21 heavy (non-hydrogen) atoms. The number of nitrogens with one attached hydrogen (secondary N) is 1. The predicted octanol–water partition coefficient (Wildman–Crippen LogP) is 4.17. The zero-order valence-electron chi connectivity index (χ0n) is 11.7. The van der Waals surface area contributed by atoms with Gasteiger partial charge in [0.05, 0.1) is 11.1 Å². The van der Waals surface area contributed by atoms with Crippen LogP contribution in [0.2, 0.25) is 0 Å². The van der Waals surface area contributed by atoms with E-state index in [2.05, 4.69) is 28.3 Å². The van der Waals surface area contributed by atoms with Gasteiger partial charge >= 0.3 is 0 Å². The summed E-state index contributed by atoms with van der Waals surface area (Å²) in [4.78, 5) is 1.12. The highest BCUT2D eigenvalue weighted by atomic mass is 32.1. The number of thiophene rings is 1. The SMILES string of the molecule is Cc1ccccc1-c1n[nH]c(=S)n1/N=C/c1sccc1C. The molecule has 0 fully saturated rings. The standard InChI is InChI=1S/C15H14N4S2/c1-10-5-3-4-6-12(10)14-17-18-15(20)19(14)16-9-13-11(2)7-8-21-13/h3-9H,1-2H3,(H,18,20)/b16-9+. The van der Waals surface area contributed by atoms with Gasteiger partial charge in [-0.05, 0) is 48.6 Å². The van der Waals surface area contributed by atoms with E-state index in [1.165, 1.54) is 5.56 Å². The molecule has 0 saturated carbocycles. The zero-order valence-corrected chi connectivity index (χ0v) is 13.3. The number of nitrogens with zero attached hydrogens (tertiary/aromatic N) is 3. The summed E-state index contributed by atoms with van der Waals surface area (Å²) in [6.07, 6.45) is 1.83. The lowest BCUT2D eigenvalue weighted by Gasteiger charge is -2.04. The fourth-order valence-electron chi connectivity index (χ4n) is 2.02. The van der Waals surface area contributed by atoms with Crippen molar-refractivity contribution in [3.63, 3.8) is 0 Å². The Kier molecular flexibility index (Phi) is 3.81. The van der Waals surface area contributed by atoms with Gasteiger partial charge in [0.2, 0.25) is 4.77 Å². The smallest absolute Gasteiger partial charge is 0.216 e. The van der Waals surface area contributed by atoms with E-state index < -0.39 is 0 Å². The number of H-pyrrole nitrogens is 1. The van der Waals surface area contributed by atoms with Gasteiger partial charge in [-0.3, -0.25) is 0 Å². The Morgan fingerprint density at radius 2 is 2.05 bits per heavy atom. The first kappa shape index (κ1) is 13.9. The number of rotatable bonds is 3. The molecule has 0 radical (unpaired) electrons. The van der Waals surface area contributed by atoms with E-state index in [0.29, 0.717) is 4.77 Å². The Hall–Kier alpha value is -2.05. The minimum atomic E-state index is 0.485. The number of benzene rings is 1. The third-order valence-electron chi connectivity index (χ3n) is 3.23. The van der Waals surface area contributed by atoms with Crippen molar-refractivity contribution in [3.05, 3.63) is 56.5 Å². The molecule has 2 aromatic heterocycles. The molecule has 6 heteroatoms. The third kappa shape index (κ3) is 2.72. The molecule has 3 rings (SSSR count). The van der Waals surface area contributed by atoms with Crippen LogP contribution in [0.4, 0.5) is 0 Å². The van der Waals surface area contributed by atoms with Crippen molar-refractivity contribution in [3.8, 4) is 11.4 Å². The first-order valence-corrected chi connectivity index (χ1v) is 7.77. The van der Waals surface area contributed by atoms with Crippen molar-refractivity contribution in [1.82, 2.24) is 14.9 Å². The van der Waals surface area contributed by atoms with Crippen LogP contribution >= 0.6 is 23.6 Å². The molecule has 0 unspecified atom stereocenters. The molecule has 1 aromatic carbocycles. The molecular weight excluding hydrogens is 300 g/mol. The first-order valence-electron chi connectivity index (χ1n) is 6.48. The van der Waals surface area contributed by atoms with Gasteiger partial charge in [-0.2, -0.15) is 14.9 Å². The second kappa shape index (κ2) is 5.75. The van der Waals surface area contributed by atoms with Crippen LogP contribution in [0.1, 0.15) is 16.0 Å². The molecule has 3 aromatic rings. The van der Waals surface area contributed by atoms with E-state index >= 15 is 0 Å². The summed E-state index contributed by atoms with van der Waals surface area (Å²) in [5.74, 6) is 0.726. The summed E-state index contributed by atoms with van der Waals surface area (Å²) < 4.78 is 2.15. The zero-order chi connectivity index (χ0) is 14.8. The van der Waals surface area contributed by atoms with Gasteiger partial charge in [0.1, 0.15) is 0 Å². The van der Waals surface area contributed by atoms with Gasteiger partial charge in [-0.1, -0.05) is 24.3 Å². The maximum Gasteiger partial charge on any atom is 0.216 e. The average molecular weight is 314 g/mol. The third-order valence-corrected chi connectivity index (χ3v) is 4.45. The second-order valence-corrected chi connectivity index (χ2v) is 6.03. The lowest BCUT2D eigenvalue weighted by Crippen LogP contribution is -1.96. The van der Waals surface area contributed by atoms with Crippen LogP contribution in [0.3, 0.4) is 0 Å². The fraction of sp³-hybridized carbons (Fsp3) is 0.133. The van der Waals surface area contributed by atoms with Crippen LogP contribution in [0.15, 0.2) is 40.8 Å². The molecule has 0 aliphatic heterocycles. The molecule has 2 heterocycles. The Bertz CT molecular complexity index is 854. The van der Waals surface area contributed by atoms with Crippen LogP contribution in [0.25, 0.3) is 11.4 Å². The topological polar surface area (TPSA) is 46.0 Å². The molecule has 0 atom stereocenters. The van der Waals surface area contributed by atoms with Crippen molar-refractivity contribution in [2.45, 2.75) is 13.8 Å². The summed E-state index contributed by atoms with van der Waals surface area (Å²) in [6, 6.07) is 10.1. The Morgan fingerprint density at radius 3 is 2.76 bits per heavy atom. The molecule has 0 saturated heterocycles. The normalized spacial score (nSPS) is 11.3. The maximum atomic E-state index is 5.28. The number of hydrogen-bond donors (Lipinski definition) is 1. The van der Waals surface area contributed by atoms with Crippen molar-refractivity contribution < 1.29 is 0 Å². The van der Waals surface area contributed by atoms with Gasteiger partial charge < -0.3 is 0 Å². The van der Waals surface area contributed by atoms with E-state index in [1.54, 1.807) is 16.0 Å². The number of aryl methyl sites for hydroxylation is 2. The summed E-state index contributed by atoms with van der Waals surface area (Å²) >= 11 is 6.93. The van der Waals surface area contributed by atoms with E-state index in [-0.39, 0.29) is 0 Å². The Balaban J connectivity index is 2.07. The van der Waals surface area contributed by atoms with Crippen LogP contribution in [0.5, 0.6) is 0 Å². The summed E-state index contributed by atoms with van der Waals surface area (Å²) in [6.45, 7) is 4.11. The van der Waals surface area contributed by atoms with E-state index in [4.69, 9.17) is 12.2 Å². The minimum absolute atomic E-state index is 0.485. The van der Waals surface area contributed by atoms with Crippen LogP contribution in [0, 0.1) is 18.6 Å². The highest BCUT2D eigenvalue weighted by Gasteiger charge is 2.10. The highest BCUT2D eigenvalue weighted by molar-refractivity contribution is 7.71. The average Bonchev–Trinajstić information content (AvgIpc) is 3.04. The molecule has 0 spiro atoms. The number of aromatic nitrogens is 3. The van der Waals surface area contributed by atoms with Gasteiger partial charge in [-0.15, -0.1) is 11.3 Å². The monoisotopic (exact) mass is 314 g/mol. The number of hydrogen-bond acceptors (Lipinski definition) is 4. The van der Waals surface area contributed by atoms with Crippen LogP contribution < -0.4 is 0 Å². The quantitative estimate of drug-likeness (QED) is 0.582. The molecular formula is C15H14N4S2. The second-order valence-electron chi connectivity index (χ2n) is 4.69. The summed E-state index contributed by atoms with van der Waals surface area (Å²) in [5, 5.41) is 13.7. The number of aromatic amines is 1. The summed E-state index contributed by atoms with van der Waals surface area (Å²) in [5.41, 5.74) is 3.36. The molecule has 0 bridgehead atoms. The van der Waals surface area contributed by atoms with E-state index in [9.17, 15) is 0 Å². The Labute approximate surface area is 131 Å². The van der Waals surface area contributed by atoms with Crippen LogP contribution in [-0.4, -0.2) is 21.1 Å². The van der Waals surface area contributed by atoms with Gasteiger partial charge in [0, 0.05) is 5.56 Å². The molecule has 0 amide bonds. The molecule has 106 valence electrons. The van der Waals surface area contributed by atoms with E-state index in [0.717, 1.165) is 21.8 Å². The predicted molar refractivity (Wildman–Crippen MR) is 89.6 cm³/mol. The maximum absolute atomic E-state index is 5.28. The van der Waals surface area contributed by atoms with Gasteiger partial charge in [0.15, 0.2) is 5.82 Å². The van der Waals surface area contributed by atoms with Crippen molar-refractivity contribution in [2.24, 2.45) is 5.10 Å². The largest absolute Gasteiger partial charge is 0.250 e. The molecule has 1 N–H and O–H groups in total. The van der Waals surface area contributed by atoms with Gasteiger partial charge in [0.25, 0.3) is 0 Å². The van der Waals surface area contributed by atoms with E-state index in [1.807, 2.05) is 42.8 Å².